The Balaban J connectivity index is 2.56. The number of carbonyl (C=O) groups is 1. The minimum atomic E-state index is 0.105. The zero-order valence-electron chi connectivity index (χ0n) is 10.2. The van der Waals surface area contributed by atoms with E-state index in [0.29, 0.717) is 0 Å². The van der Waals surface area contributed by atoms with Crippen LogP contribution in [0.25, 0.3) is 0 Å². The first kappa shape index (κ1) is 12.7. The van der Waals surface area contributed by atoms with Crippen LogP contribution in [-0.4, -0.2) is 33.1 Å². The van der Waals surface area contributed by atoms with Crippen molar-refractivity contribution in [2.75, 3.05) is 32.2 Å². The van der Waals surface area contributed by atoms with Crippen molar-refractivity contribution in [1.29, 1.82) is 0 Å². The molecule has 1 aromatic rings. The van der Waals surface area contributed by atoms with E-state index in [1.165, 1.54) is 0 Å². The summed E-state index contributed by atoms with van der Waals surface area (Å²) in [4.78, 5) is 13.3. The summed E-state index contributed by atoms with van der Waals surface area (Å²) in [6.45, 7) is 3.31. The lowest BCUT2D eigenvalue weighted by molar-refractivity contribution is 0.101. The predicted octanol–water partition coefficient (Wildman–Crippen LogP) is 2.36. The Kier molecular flexibility index (Phi) is 4.99. The topological polar surface area (TPSA) is 29.5 Å². The molecule has 0 atom stereocenters. The first-order valence-corrected chi connectivity index (χ1v) is 5.46. The van der Waals surface area contributed by atoms with Gasteiger partial charge in [-0.05, 0) is 37.6 Å². The Morgan fingerprint density at radius 3 is 2.44 bits per heavy atom. The number of nitrogens with zero attached hydrogens (tertiary/aromatic N) is 1. The quantitative estimate of drug-likeness (QED) is 0.545. The van der Waals surface area contributed by atoms with E-state index in [4.69, 9.17) is 4.74 Å². The van der Waals surface area contributed by atoms with Crippen LogP contribution in [-0.2, 0) is 4.74 Å². The second kappa shape index (κ2) is 6.28. The van der Waals surface area contributed by atoms with Crippen molar-refractivity contribution >= 4 is 11.5 Å². The van der Waals surface area contributed by atoms with Crippen molar-refractivity contribution in [3.05, 3.63) is 29.8 Å². The number of carbonyl (C=O) groups excluding carboxylic acids is 1. The lowest BCUT2D eigenvalue weighted by Crippen LogP contribution is -2.19. The second-order valence-corrected chi connectivity index (χ2v) is 3.87. The summed E-state index contributed by atoms with van der Waals surface area (Å²) in [7, 11) is 3.75. The van der Waals surface area contributed by atoms with E-state index >= 15 is 0 Å². The number of anilines is 1. The largest absolute Gasteiger partial charge is 0.385 e. The smallest absolute Gasteiger partial charge is 0.159 e. The molecular weight excluding hydrogens is 202 g/mol. The fourth-order valence-corrected chi connectivity index (χ4v) is 1.53. The minimum Gasteiger partial charge on any atom is -0.385 e. The molecule has 1 rings (SSSR count). The molecule has 1 aromatic carbocycles. The van der Waals surface area contributed by atoms with E-state index in [1.54, 1.807) is 14.0 Å². The van der Waals surface area contributed by atoms with Gasteiger partial charge < -0.3 is 9.64 Å². The van der Waals surface area contributed by atoms with E-state index in [2.05, 4.69) is 4.90 Å². The first-order valence-electron chi connectivity index (χ1n) is 5.46. The van der Waals surface area contributed by atoms with Crippen LogP contribution >= 0.6 is 0 Å². The van der Waals surface area contributed by atoms with Gasteiger partial charge >= 0.3 is 0 Å². The number of benzene rings is 1. The molecule has 0 N–H and O–H groups in total. The van der Waals surface area contributed by atoms with Gasteiger partial charge in [0.15, 0.2) is 5.78 Å². The third-order valence-electron chi connectivity index (χ3n) is 2.56. The zero-order chi connectivity index (χ0) is 12.0. The van der Waals surface area contributed by atoms with Crippen LogP contribution in [0.4, 0.5) is 5.69 Å². The maximum Gasteiger partial charge on any atom is 0.159 e. The Labute approximate surface area is 97.0 Å². The highest BCUT2D eigenvalue weighted by Gasteiger charge is 2.02. The SMILES string of the molecule is COCCCN(C)c1ccc(C(C)=O)cc1. The minimum absolute atomic E-state index is 0.105. The van der Waals surface area contributed by atoms with Gasteiger partial charge in [0.2, 0.25) is 0 Å². The average molecular weight is 221 g/mol. The Hall–Kier alpha value is -1.35. The van der Waals surface area contributed by atoms with Gasteiger partial charge in [0.25, 0.3) is 0 Å². The lowest BCUT2D eigenvalue weighted by atomic mass is 10.1. The maximum atomic E-state index is 11.1. The normalized spacial score (nSPS) is 10.2. The molecule has 3 nitrogen and oxygen atoms in total. The van der Waals surface area contributed by atoms with Crippen molar-refractivity contribution in [2.45, 2.75) is 13.3 Å². The highest BCUT2D eigenvalue weighted by molar-refractivity contribution is 5.94. The Bertz CT molecular complexity index is 332. The van der Waals surface area contributed by atoms with Crippen molar-refractivity contribution in [3.63, 3.8) is 0 Å². The van der Waals surface area contributed by atoms with Crippen LogP contribution in [0.5, 0.6) is 0 Å². The van der Waals surface area contributed by atoms with Crippen molar-refractivity contribution in [2.24, 2.45) is 0 Å². The van der Waals surface area contributed by atoms with E-state index in [-0.39, 0.29) is 5.78 Å². The van der Waals surface area contributed by atoms with Crippen molar-refractivity contribution in [1.82, 2.24) is 0 Å². The number of hydrogen-bond donors (Lipinski definition) is 0. The molecule has 0 heterocycles. The first-order chi connectivity index (χ1) is 7.65. The zero-order valence-corrected chi connectivity index (χ0v) is 10.2. The molecular formula is C13H19NO2. The summed E-state index contributed by atoms with van der Waals surface area (Å²) in [6.07, 6.45) is 1.00. The van der Waals surface area contributed by atoms with Crippen LogP contribution in [0.1, 0.15) is 23.7 Å². The highest BCUT2D eigenvalue weighted by atomic mass is 16.5. The number of Topliss-reactive ketones (excluding diaryl/α,β-unsaturated/α-hetero) is 1. The average Bonchev–Trinajstić information content (AvgIpc) is 2.29. The molecule has 0 amide bonds. The fraction of sp³-hybridized carbons (Fsp3) is 0.462. The molecule has 0 saturated heterocycles. The maximum absolute atomic E-state index is 11.1. The van der Waals surface area contributed by atoms with Gasteiger partial charge in [0.1, 0.15) is 0 Å². The molecule has 0 fully saturated rings. The Morgan fingerprint density at radius 2 is 1.94 bits per heavy atom. The lowest BCUT2D eigenvalue weighted by Gasteiger charge is -2.19. The standard InChI is InChI=1S/C13H19NO2/c1-11(15)12-5-7-13(8-6-12)14(2)9-4-10-16-3/h5-8H,4,9-10H2,1-3H3. The monoisotopic (exact) mass is 221 g/mol. The van der Waals surface area contributed by atoms with Crippen molar-refractivity contribution < 1.29 is 9.53 Å². The highest BCUT2D eigenvalue weighted by Crippen LogP contribution is 2.14. The fourth-order valence-electron chi connectivity index (χ4n) is 1.53. The molecule has 0 aliphatic heterocycles. The second-order valence-electron chi connectivity index (χ2n) is 3.87. The summed E-state index contributed by atoms with van der Waals surface area (Å²) in [5.41, 5.74) is 1.88. The summed E-state index contributed by atoms with van der Waals surface area (Å²) in [6, 6.07) is 7.68. The number of methoxy groups -OCH3 is 1. The van der Waals surface area contributed by atoms with E-state index in [1.807, 2.05) is 31.3 Å². The third-order valence-corrected chi connectivity index (χ3v) is 2.56. The van der Waals surface area contributed by atoms with E-state index in [0.717, 1.165) is 30.8 Å². The summed E-state index contributed by atoms with van der Waals surface area (Å²) >= 11 is 0. The number of hydrogen-bond acceptors (Lipinski definition) is 3. The predicted molar refractivity (Wildman–Crippen MR) is 66.2 cm³/mol. The van der Waals surface area contributed by atoms with Gasteiger partial charge in [-0.15, -0.1) is 0 Å². The van der Waals surface area contributed by atoms with E-state index in [9.17, 15) is 4.79 Å². The third kappa shape index (κ3) is 3.66. The number of rotatable bonds is 6. The molecule has 0 saturated carbocycles. The molecule has 0 radical (unpaired) electrons. The van der Waals surface area contributed by atoms with Gasteiger partial charge in [-0.3, -0.25) is 4.79 Å². The van der Waals surface area contributed by atoms with Crippen LogP contribution in [0.2, 0.25) is 0 Å². The van der Waals surface area contributed by atoms with Gasteiger partial charge in [-0.1, -0.05) is 0 Å². The van der Waals surface area contributed by atoms with Crippen molar-refractivity contribution in [3.8, 4) is 0 Å². The van der Waals surface area contributed by atoms with Gasteiger partial charge in [-0.2, -0.15) is 0 Å². The summed E-state index contributed by atoms with van der Waals surface area (Å²) in [5, 5.41) is 0. The molecule has 88 valence electrons. The molecule has 3 heteroatoms. The number of ketones is 1. The summed E-state index contributed by atoms with van der Waals surface area (Å²) in [5.74, 6) is 0.105. The molecule has 0 aromatic heterocycles. The molecule has 0 aliphatic carbocycles. The summed E-state index contributed by atoms with van der Waals surface area (Å²) < 4.78 is 5.01. The Morgan fingerprint density at radius 1 is 1.31 bits per heavy atom. The molecule has 0 aliphatic rings. The van der Waals surface area contributed by atoms with Gasteiger partial charge in [0.05, 0.1) is 0 Å². The van der Waals surface area contributed by atoms with Gasteiger partial charge in [0, 0.05) is 38.6 Å². The molecule has 16 heavy (non-hydrogen) atoms. The van der Waals surface area contributed by atoms with Gasteiger partial charge in [-0.25, -0.2) is 0 Å². The van der Waals surface area contributed by atoms with E-state index < -0.39 is 0 Å². The van der Waals surface area contributed by atoms with Crippen LogP contribution in [0.15, 0.2) is 24.3 Å². The van der Waals surface area contributed by atoms with Crippen LogP contribution in [0, 0.1) is 0 Å². The molecule has 0 bridgehead atoms. The van der Waals surface area contributed by atoms with Crippen LogP contribution in [0.3, 0.4) is 0 Å². The molecule has 0 spiro atoms. The molecule has 0 unspecified atom stereocenters. The van der Waals surface area contributed by atoms with Crippen LogP contribution < -0.4 is 4.90 Å². The number of ether oxygens (including phenoxy) is 1.